The van der Waals surface area contributed by atoms with Crippen LogP contribution in [0.25, 0.3) is 0 Å². The zero-order chi connectivity index (χ0) is 20.1. The molecule has 2 aromatic rings. The van der Waals surface area contributed by atoms with E-state index < -0.39 is 6.09 Å². The van der Waals surface area contributed by atoms with Crippen LogP contribution in [0, 0.1) is 18.3 Å². The van der Waals surface area contributed by atoms with Crippen LogP contribution in [0.4, 0.5) is 4.79 Å². The van der Waals surface area contributed by atoms with Crippen LogP contribution in [-0.2, 0) is 11.3 Å². The molecule has 1 N–H and O–H groups in total. The quantitative estimate of drug-likeness (QED) is 0.761. The first kappa shape index (κ1) is 19.5. The largest absolute Gasteiger partial charge is 0.491 e. The van der Waals surface area contributed by atoms with Crippen LogP contribution in [-0.4, -0.2) is 42.7 Å². The summed E-state index contributed by atoms with van der Waals surface area (Å²) in [6.07, 6.45) is 1.98. The number of alkyl carbamates (subject to hydrolysis) is 1. The van der Waals surface area contributed by atoms with E-state index in [0.29, 0.717) is 25.2 Å². The van der Waals surface area contributed by atoms with Gasteiger partial charge in [-0.25, -0.2) is 4.79 Å². The molecule has 3 rings (SSSR count). The van der Waals surface area contributed by atoms with Gasteiger partial charge in [0.1, 0.15) is 24.1 Å². The number of hydrogen-bond acceptors (Lipinski definition) is 5. The van der Waals surface area contributed by atoms with Gasteiger partial charge >= 0.3 is 6.09 Å². The fourth-order valence-corrected chi connectivity index (χ4v) is 3.21. The lowest BCUT2D eigenvalue weighted by Crippen LogP contribution is -2.29. The van der Waals surface area contributed by atoms with Crippen molar-refractivity contribution in [3.63, 3.8) is 0 Å². The van der Waals surface area contributed by atoms with E-state index in [1.165, 1.54) is 0 Å². The summed E-state index contributed by atoms with van der Waals surface area (Å²) in [5.74, 6) is 0.740. The molecule has 1 aromatic carbocycles. The monoisotopic (exact) mass is 380 g/mol. The maximum Gasteiger partial charge on any atom is 0.407 e. The van der Waals surface area contributed by atoms with Gasteiger partial charge in [0.05, 0.1) is 18.4 Å². The Balaban J connectivity index is 2.04. The average Bonchev–Trinajstić information content (AvgIpc) is 3.07. The minimum atomic E-state index is -0.474. The van der Waals surface area contributed by atoms with Crippen LogP contribution >= 0.6 is 0 Å². The summed E-state index contributed by atoms with van der Waals surface area (Å²) in [5, 5.41) is 12.2. The number of hydrogen-bond donors (Lipinski definition) is 1. The number of amides is 1. The van der Waals surface area contributed by atoms with Crippen LogP contribution in [0.3, 0.4) is 0 Å². The third kappa shape index (κ3) is 4.34. The van der Waals surface area contributed by atoms with Crippen molar-refractivity contribution in [3.8, 4) is 11.8 Å². The Morgan fingerprint density at radius 2 is 2.18 bits per heavy atom. The Hall–Kier alpha value is -3.27. The van der Waals surface area contributed by atoms with E-state index in [1.807, 2.05) is 38.2 Å². The molecule has 7 nitrogen and oxygen atoms in total. The zero-order valence-corrected chi connectivity index (χ0v) is 16.4. The summed E-state index contributed by atoms with van der Waals surface area (Å²) in [4.78, 5) is 16.3. The molecule has 0 radical (unpaired) electrons. The maximum absolute atomic E-state index is 11.8. The summed E-state index contributed by atoms with van der Waals surface area (Å²) < 4.78 is 13.0. The van der Waals surface area contributed by atoms with Crippen molar-refractivity contribution in [2.24, 2.45) is 4.99 Å². The topological polar surface area (TPSA) is 88.6 Å². The van der Waals surface area contributed by atoms with Gasteiger partial charge in [-0.2, -0.15) is 5.26 Å². The average molecular weight is 380 g/mol. The second-order valence-corrected chi connectivity index (χ2v) is 6.75. The number of nitrogens with zero attached hydrogens (tertiary/aromatic N) is 3. The van der Waals surface area contributed by atoms with Gasteiger partial charge in [0, 0.05) is 37.3 Å². The van der Waals surface area contributed by atoms with E-state index >= 15 is 0 Å². The summed E-state index contributed by atoms with van der Waals surface area (Å²) in [6, 6.07) is 9.90. The van der Waals surface area contributed by atoms with E-state index in [1.54, 1.807) is 17.7 Å². The number of carbonyl (C=O) groups excluding carboxylic acids is 1. The molecule has 1 atom stereocenters. The molecule has 1 amide bonds. The Kier molecular flexibility index (Phi) is 5.99. The van der Waals surface area contributed by atoms with Gasteiger partial charge in [0.2, 0.25) is 0 Å². The first-order valence-electron chi connectivity index (χ1n) is 9.27. The molecule has 0 spiro atoms. The molecule has 1 aliphatic rings. The van der Waals surface area contributed by atoms with E-state index in [2.05, 4.69) is 16.4 Å². The van der Waals surface area contributed by atoms with Crippen molar-refractivity contribution >= 4 is 11.8 Å². The molecule has 1 aromatic heterocycles. The minimum Gasteiger partial charge on any atom is -0.491 e. The number of aromatic nitrogens is 1. The predicted molar refractivity (Wildman–Crippen MR) is 106 cm³/mol. The highest BCUT2D eigenvalue weighted by Gasteiger charge is 2.16. The zero-order valence-electron chi connectivity index (χ0n) is 16.4. The number of nitriles is 1. The number of nitrogens with one attached hydrogen (secondary N) is 1. The van der Waals surface area contributed by atoms with Crippen molar-refractivity contribution in [2.75, 3.05) is 20.2 Å². The Morgan fingerprint density at radius 1 is 1.36 bits per heavy atom. The SMILES string of the molecule is CN=C1c2cc(C#N)n(c2)CCOC(=O)NCCC(C)Oc2ccc(C)c1c2. The lowest BCUT2D eigenvalue weighted by molar-refractivity contribution is 0.139. The van der Waals surface area contributed by atoms with Gasteiger partial charge in [-0.15, -0.1) is 0 Å². The van der Waals surface area contributed by atoms with E-state index in [9.17, 15) is 10.1 Å². The molecule has 1 unspecified atom stereocenters. The smallest absolute Gasteiger partial charge is 0.407 e. The van der Waals surface area contributed by atoms with E-state index in [4.69, 9.17) is 9.47 Å². The molecule has 0 saturated carbocycles. The van der Waals surface area contributed by atoms with Crippen molar-refractivity contribution in [3.05, 3.63) is 52.8 Å². The highest BCUT2D eigenvalue weighted by atomic mass is 16.5. The number of aryl methyl sites for hydroxylation is 1. The normalized spacial score (nSPS) is 19.3. The van der Waals surface area contributed by atoms with E-state index in [0.717, 1.165) is 28.2 Å². The highest BCUT2D eigenvalue weighted by molar-refractivity contribution is 6.14. The van der Waals surface area contributed by atoms with Gasteiger partial charge in [0.25, 0.3) is 0 Å². The van der Waals surface area contributed by atoms with Crippen LogP contribution < -0.4 is 10.1 Å². The van der Waals surface area contributed by atoms with Crippen molar-refractivity contribution in [1.29, 1.82) is 5.26 Å². The summed E-state index contributed by atoms with van der Waals surface area (Å²) in [7, 11) is 1.74. The molecule has 146 valence electrons. The number of benzene rings is 1. The van der Waals surface area contributed by atoms with Gasteiger partial charge in [0.15, 0.2) is 0 Å². The Labute approximate surface area is 164 Å². The number of aliphatic imine (C=N–C) groups is 1. The molecular weight excluding hydrogens is 356 g/mol. The number of ether oxygens (including phenoxy) is 2. The summed E-state index contributed by atoms with van der Waals surface area (Å²) >= 11 is 0. The second-order valence-electron chi connectivity index (χ2n) is 6.75. The molecular formula is C21H24N4O3. The molecule has 0 fully saturated rings. The van der Waals surface area contributed by atoms with Gasteiger partial charge in [-0.3, -0.25) is 4.99 Å². The van der Waals surface area contributed by atoms with Crippen molar-refractivity contribution in [1.82, 2.24) is 9.88 Å². The third-order valence-corrected chi connectivity index (χ3v) is 4.70. The number of fused-ring (bicyclic) bond motifs is 4. The standard InChI is InChI=1S/C21H24N4O3/c1-14-4-5-18-11-19(14)20(23-3)16-10-17(12-22)25(13-16)8-9-27-21(26)24-7-6-15(2)28-18/h4-5,10-11,13,15H,6-9H2,1-3H3,(H,24,26). The van der Waals surface area contributed by atoms with Crippen LogP contribution in [0.1, 0.15) is 35.7 Å². The van der Waals surface area contributed by atoms with Crippen LogP contribution in [0.5, 0.6) is 5.75 Å². The highest BCUT2D eigenvalue weighted by Crippen LogP contribution is 2.23. The Morgan fingerprint density at radius 3 is 2.93 bits per heavy atom. The maximum atomic E-state index is 11.8. The number of carbonyl (C=O) groups is 1. The van der Waals surface area contributed by atoms with Crippen molar-refractivity contribution < 1.29 is 14.3 Å². The molecule has 0 saturated heterocycles. The Bertz CT molecular complexity index is 940. The fraction of sp³-hybridized carbons (Fsp3) is 0.381. The molecule has 2 heterocycles. The molecule has 7 heteroatoms. The van der Waals surface area contributed by atoms with Crippen LogP contribution in [0.15, 0.2) is 35.5 Å². The predicted octanol–water partition coefficient (Wildman–Crippen LogP) is 3.03. The lowest BCUT2D eigenvalue weighted by Gasteiger charge is -2.17. The number of cyclic esters (lactones) is 1. The lowest BCUT2D eigenvalue weighted by atomic mass is 9.99. The van der Waals surface area contributed by atoms with Gasteiger partial charge < -0.3 is 19.4 Å². The number of rotatable bonds is 0. The first-order valence-corrected chi connectivity index (χ1v) is 9.27. The third-order valence-electron chi connectivity index (χ3n) is 4.70. The van der Waals surface area contributed by atoms with E-state index in [-0.39, 0.29) is 12.7 Å². The molecule has 28 heavy (non-hydrogen) atoms. The first-order chi connectivity index (χ1) is 13.5. The second kappa shape index (κ2) is 8.61. The van der Waals surface area contributed by atoms with Crippen molar-refractivity contribution in [2.45, 2.75) is 32.9 Å². The fourth-order valence-electron chi connectivity index (χ4n) is 3.21. The van der Waals surface area contributed by atoms with Gasteiger partial charge in [-0.05, 0) is 37.6 Å². The summed E-state index contributed by atoms with van der Waals surface area (Å²) in [5.41, 5.74) is 4.15. The molecule has 1 aliphatic heterocycles. The molecule has 0 aliphatic carbocycles. The van der Waals surface area contributed by atoms with Crippen LogP contribution in [0.2, 0.25) is 0 Å². The minimum absolute atomic E-state index is 0.0722. The van der Waals surface area contributed by atoms with Gasteiger partial charge in [-0.1, -0.05) is 6.07 Å². The molecule has 4 bridgehead atoms. The summed E-state index contributed by atoms with van der Waals surface area (Å²) in [6.45, 7) is 5.01.